The van der Waals surface area contributed by atoms with Gasteiger partial charge in [-0.2, -0.15) is 0 Å². The van der Waals surface area contributed by atoms with Gasteiger partial charge in [-0.1, -0.05) is 0 Å². The van der Waals surface area contributed by atoms with Crippen molar-refractivity contribution in [1.82, 2.24) is 9.97 Å². The zero-order valence-electron chi connectivity index (χ0n) is 10.0. The van der Waals surface area contributed by atoms with Gasteiger partial charge in [0.2, 0.25) is 0 Å². The van der Waals surface area contributed by atoms with E-state index in [-0.39, 0.29) is 11.4 Å². The van der Waals surface area contributed by atoms with E-state index in [9.17, 15) is 9.18 Å². The van der Waals surface area contributed by atoms with Crippen LogP contribution in [0, 0.1) is 12.7 Å². The average molecular weight is 244 g/mol. The van der Waals surface area contributed by atoms with Gasteiger partial charge >= 0.3 is 0 Å². The highest BCUT2D eigenvalue weighted by molar-refractivity contribution is 5.62. The minimum Gasteiger partial charge on any atom is -0.310 e. The van der Waals surface area contributed by atoms with Crippen molar-refractivity contribution in [2.75, 3.05) is 0 Å². The summed E-state index contributed by atoms with van der Waals surface area (Å²) in [5.41, 5.74) is 1.90. The van der Waals surface area contributed by atoms with Crippen LogP contribution in [0.15, 0.2) is 29.1 Å². The largest absolute Gasteiger partial charge is 0.310 e. The quantitative estimate of drug-likeness (QED) is 0.882. The molecular weight excluding hydrogens is 231 g/mol. The summed E-state index contributed by atoms with van der Waals surface area (Å²) < 4.78 is 12.9. The van der Waals surface area contributed by atoms with Crippen LogP contribution in [0.25, 0.3) is 11.3 Å². The molecule has 1 fully saturated rings. The Bertz CT molecular complexity index is 642. The van der Waals surface area contributed by atoms with Crippen molar-refractivity contribution in [2.45, 2.75) is 25.7 Å². The van der Waals surface area contributed by atoms with Crippen LogP contribution < -0.4 is 5.56 Å². The van der Waals surface area contributed by atoms with Crippen molar-refractivity contribution in [1.29, 1.82) is 0 Å². The van der Waals surface area contributed by atoms with Crippen molar-refractivity contribution >= 4 is 0 Å². The zero-order chi connectivity index (χ0) is 12.7. The molecule has 0 saturated heterocycles. The Morgan fingerprint density at radius 2 is 1.94 bits per heavy atom. The Kier molecular flexibility index (Phi) is 2.51. The van der Waals surface area contributed by atoms with E-state index in [2.05, 4.69) is 9.97 Å². The molecule has 1 aromatic heterocycles. The molecule has 0 aliphatic heterocycles. The number of halogens is 1. The molecule has 0 atom stereocenters. The molecule has 1 heterocycles. The summed E-state index contributed by atoms with van der Waals surface area (Å²) in [7, 11) is 0. The van der Waals surface area contributed by atoms with E-state index in [1.54, 1.807) is 19.1 Å². The number of benzene rings is 1. The number of hydrogen-bond donors (Lipinski definition) is 1. The molecule has 1 aromatic carbocycles. The van der Waals surface area contributed by atoms with Gasteiger partial charge in [0.1, 0.15) is 11.6 Å². The first-order chi connectivity index (χ1) is 8.65. The van der Waals surface area contributed by atoms with Gasteiger partial charge in [-0.3, -0.25) is 4.79 Å². The van der Waals surface area contributed by atoms with Gasteiger partial charge in [-0.15, -0.1) is 0 Å². The Morgan fingerprint density at radius 3 is 2.56 bits per heavy atom. The Labute approximate surface area is 104 Å². The van der Waals surface area contributed by atoms with Crippen LogP contribution in [0.4, 0.5) is 4.39 Å². The number of nitrogens with zero attached hydrogens (tertiary/aromatic N) is 1. The molecular formula is C14H13FN2O. The minimum absolute atomic E-state index is 0.105. The van der Waals surface area contributed by atoms with E-state index in [0.717, 1.165) is 24.2 Å². The highest BCUT2D eigenvalue weighted by Crippen LogP contribution is 2.38. The van der Waals surface area contributed by atoms with E-state index in [1.165, 1.54) is 12.1 Å². The predicted octanol–water partition coefficient (Wildman–Crippen LogP) is 2.76. The molecule has 1 aliphatic rings. The molecule has 0 amide bonds. The summed E-state index contributed by atoms with van der Waals surface area (Å²) in [5.74, 6) is 0.853. The normalized spacial score (nSPS) is 14.8. The van der Waals surface area contributed by atoms with Crippen molar-refractivity contribution in [3.8, 4) is 11.3 Å². The fourth-order valence-corrected chi connectivity index (χ4v) is 1.99. The molecule has 3 nitrogen and oxygen atoms in total. The maximum atomic E-state index is 12.9. The molecule has 1 aliphatic carbocycles. The number of rotatable bonds is 2. The third kappa shape index (κ3) is 1.94. The van der Waals surface area contributed by atoms with Crippen LogP contribution in [0.1, 0.15) is 30.1 Å². The highest BCUT2D eigenvalue weighted by atomic mass is 19.1. The molecule has 18 heavy (non-hydrogen) atoms. The van der Waals surface area contributed by atoms with Crippen LogP contribution >= 0.6 is 0 Å². The van der Waals surface area contributed by atoms with Crippen molar-refractivity contribution in [2.24, 2.45) is 0 Å². The average Bonchev–Trinajstić information content (AvgIpc) is 3.18. The maximum Gasteiger partial charge on any atom is 0.254 e. The first kappa shape index (κ1) is 11.1. The first-order valence-electron chi connectivity index (χ1n) is 6.02. The van der Waals surface area contributed by atoms with Gasteiger partial charge in [0.25, 0.3) is 5.56 Å². The zero-order valence-corrected chi connectivity index (χ0v) is 10.0. The summed E-state index contributed by atoms with van der Waals surface area (Å²) in [4.78, 5) is 19.2. The van der Waals surface area contributed by atoms with E-state index in [1.807, 2.05) is 0 Å². The van der Waals surface area contributed by atoms with Crippen molar-refractivity contribution < 1.29 is 4.39 Å². The molecule has 3 rings (SSSR count). The van der Waals surface area contributed by atoms with E-state index >= 15 is 0 Å². The Hall–Kier alpha value is -1.97. The summed E-state index contributed by atoms with van der Waals surface area (Å²) in [6.45, 7) is 1.74. The lowest BCUT2D eigenvalue weighted by Crippen LogP contribution is -2.15. The van der Waals surface area contributed by atoms with Crippen LogP contribution in [-0.2, 0) is 0 Å². The standard InChI is InChI=1S/C14H13FN2O/c1-8-12(9-4-6-11(15)7-5-9)16-13(10-2-3-10)17-14(8)18/h4-7,10H,2-3H2,1H3,(H,16,17,18). The topological polar surface area (TPSA) is 45.8 Å². The molecule has 92 valence electrons. The van der Waals surface area contributed by atoms with Crippen LogP contribution in [0.2, 0.25) is 0 Å². The lowest BCUT2D eigenvalue weighted by molar-refractivity contribution is 0.628. The smallest absolute Gasteiger partial charge is 0.254 e. The van der Waals surface area contributed by atoms with Gasteiger partial charge < -0.3 is 4.98 Å². The number of hydrogen-bond acceptors (Lipinski definition) is 2. The second-order valence-electron chi connectivity index (χ2n) is 4.71. The molecule has 0 unspecified atom stereocenters. The summed E-state index contributed by atoms with van der Waals surface area (Å²) >= 11 is 0. The van der Waals surface area contributed by atoms with Crippen LogP contribution in [0.3, 0.4) is 0 Å². The second kappa shape index (κ2) is 4.05. The first-order valence-corrected chi connectivity index (χ1v) is 6.02. The van der Waals surface area contributed by atoms with E-state index < -0.39 is 0 Å². The van der Waals surface area contributed by atoms with Gasteiger partial charge in [0, 0.05) is 17.0 Å². The van der Waals surface area contributed by atoms with Gasteiger partial charge in [0.05, 0.1) is 5.69 Å². The monoisotopic (exact) mass is 244 g/mol. The Balaban J connectivity index is 2.15. The van der Waals surface area contributed by atoms with E-state index in [0.29, 0.717) is 17.2 Å². The molecule has 0 radical (unpaired) electrons. The van der Waals surface area contributed by atoms with Gasteiger partial charge in [-0.25, -0.2) is 9.37 Å². The molecule has 2 aromatic rings. The lowest BCUT2D eigenvalue weighted by Gasteiger charge is -2.07. The SMILES string of the molecule is Cc1c(-c2ccc(F)cc2)nc(C2CC2)[nH]c1=O. The summed E-state index contributed by atoms with van der Waals surface area (Å²) in [5, 5.41) is 0. The number of aromatic nitrogens is 2. The molecule has 4 heteroatoms. The van der Waals surface area contributed by atoms with Crippen LogP contribution in [-0.4, -0.2) is 9.97 Å². The minimum atomic E-state index is -0.288. The molecule has 1 N–H and O–H groups in total. The third-order valence-electron chi connectivity index (χ3n) is 3.25. The fourth-order valence-electron chi connectivity index (χ4n) is 1.99. The van der Waals surface area contributed by atoms with Gasteiger partial charge in [-0.05, 0) is 44.0 Å². The molecule has 0 spiro atoms. The molecule has 1 saturated carbocycles. The second-order valence-corrected chi connectivity index (χ2v) is 4.71. The van der Waals surface area contributed by atoms with Crippen molar-refractivity contribution in [3.63, 3.8) is 0 Å². The highest BCUT2D eigenvalue weighted by Gasteiger charge is 2.27. The van der Waals surface area contributed by atoms with Crippen molar-refractivity contribution in [3.05, 3.63) is 51.8 Å². The van der Waals surface area contributed by atoms with Gasteiger partial charge in [0.15, 0.2) is 0 Å². The number of H-pyrrole nitrogens is 1. The number of nitrogens with one attached hydrogen (secondary N) is 1. The Morgan fingerprint density at radius 1 is 1.28 bits per heavy atom. The maximum absolute atomic E-state index is 12.9. The predicted molar refractivity (Wildman–Crippen MR) is 67.0 cm³/mol. The lowest BCUT2D eigenvalue weighted by atomic mass is 10.1. The summed E-state index contributed by atoms with van der Waals surface area (Å²) in [6.07, 6.45) is 2.16. The molecule has 0 bridgehead atoms. The summed E-state index contributed by atoms with van der Waals surface area (Å²) in [6, 6.07) is 6.07. The number of aromatic amines is 1. The van der Waals surface area contributed by atoms with E-state index in [4.69, 9.17) is 0 Å². The van der Waals surface area contributed by atoms with Crippen LogP contribution in [0.5, 0.6) is 0 Å². The fraction of sp³-hybridized carbons (Fsp3) is 0.286. The third-order valence-corrected chi connectivity index (χ3v) is 3.25.